The van der Waals surface area contributed by atoms with Gasteiger partial charge < -0.3 is 14.2 Å². The zero-order valence-corrected chi connectivity index (χ0v) is 11.5. The third kappa shape index (κ3) is 4.98. The van der Waals surface area contributed by atoms with Gasteiger partial charge in [-0.15, -0.1) is 13.2 Å². The van der Waals surface area contributed by atoms with E-state index in [1.807, 2.05) is 0 Å². The maximum Gasteiger partial charge on any atom is 0.573 e. The Labute approximate surface area is 115 Å². The van der Waals surface area contributed by atoms with E-state index in [1.54, 1.807) is 0 Å². The quantitative estimate of drug-likeness (QED) is 0.787. The van der Waals surface area contributed by atoms with Crippen LogP contribution in [-0.2, 0) is 9.53 Å². The molecule has 8 heteroatoms. The Hall–Kier alpha value is -1.44. The lowest BCUT2D eigenvalue weighted by molar-refractivity contribution is -0.275. The summed E-state index contributed by atoms with van der Waals surface area (Å²) < 4.78 is 50.4. The van der Waals surface area contributed by atoms with E-state index < -0.39 is 24.2 Å². The van der Waals surface area contributed by atoms with Gasteiger partial charge in [-0.1, -0.05) is 15.9 Å². The third-order valence-corrected chi connectivity index (χ3v) is 2.46. The van der Waals surface area contributed by atoms with E-state index >= 15 is 0 Å². The van der Waals surface area contributed by atoms with Crippen LogP contribution in [0.15, 0.2) is 22.7 Å². The number of rotatable bonds is 4. The average Bonchev–Trinajstić information content (AvgIpc) is 2.29. The van der Waals surface area contributed by atoms with Crippen LogP contribution in [-0.4, -0.2) is 25.5 Å². The molecule has 0 bridgehead atoms. The second-order valence-corrected chi connectivity index (χ2v) is 4.34. The van der Waals surface area contributed by atoms with Crippen molar-refractivity contribution in [3.63, 3.8) is 0 Å². The first kappa shape index (κ1) is 15.6. The highest BCUT2D eigenvalue weighted by molar-refractivity contribution is 9.10. The number of halogens is 4. The molecule has 0 aliphatic rings. The number of carbonyl (C=O) groups is 1. The molecule has 1 unspecified atom stereocenters. The largest absolute Gasteiger partial charge is 0.573 e. The average molecular weight is 343 g/mol. The van der Waals surface area contributed by atoms with Crippen LogP contribution < -0.4 is 9.47 Å². The van der Waals surface area contributed by atoms with Gasteiger partial charge in [0.25, 0.3) is 0 Å². The van der Waals surface area contributed by atoms with Crippen LogP contribution in [0, 0.1) is 0 Å². The molecule has 0 saturated heterocycles. The summed E-state index contributed by atoms with van der Waals surface area (Å²) in [6, 6.07) is 3.81. The van der Waals surface area contributed by atoms with Crippen molar-refractivity contribution in [3.8, 4) is 11.5 Å². The summed E-state index contributed by atoms with van der Waals surface area (Å²) in [5, 5.41) is 0. The molecular weight excluding hydrogens is 333 g/mol. The molecule has 0 aromatic heterocycles. The highest BCUT2D eigenvalue weighted by atomic mass is 79.9. The zero-order chi connectivity index (χ0) is 14.6. The van der Waals surface area contributed by atoms with Crippen LogP contribution in [0.5, 0.6) is 11.5 Å². The van der Waals surface area contributed by atoms with Crippen LogP contribution in [0.3, 0.4) is 0 Å². The molecule has 0 fully saturated rings. The number of carbonyl (C=O) groups excluding carboxylic acids is 1. The lowest BCUT2D eigenvalue weighted by Crippen LogP contribution is -2.25. The standard InChI is InChI=1S/C11H10BrF3O4/c1-6(10(16)17-2)18-8-4-3-7(12)5-9(8)19-11(13,14)15/h3-6H,1-2H3. The number of benzene rings is 1. The van der Waals surface area contributed by atoms with Crippen molar-refractivity contribution in [2.75, 3.05) is 7.11 Å². The summed E-state index contributed by atoms with van der Waals surface area (Å²) in [4.78, 5) is 11.2. The lowest BCUT2D eigenvalue weighted by atomic mass is 10.3. The van der Waals surface area contributed by atoms with E-state index in [1.165, 1.54) is 19.1 Å². The van der Waals surface area contributed by atoms with Crippen molar-refractivity contribution < 1.29 is 32.2 Å². The van der Waals surface area contributed by atoms with Crippen LogP contribution in [0.1, 0.15) is 6.92 Å². The van der Waals surface area contributed by atoms with Gasteiger partial charge in [0, 0.05) is 4.47 Å². The van der Waals surface area contributed by atoms with Crippen LogP contribution in [0.4, 0.5) is 13.2 Å². The number of hydrogen-bond acceptors (Lipinski definition) is 4. The zero-order valence-electron chi connectivity index (χ0n) is 9.95. The van der Waals surface area contributed by atoms with E-state index in [9.17, 15) is 18.0 Å². The first-order chi connectivity index (χ1) is 8.73. The molecule has 19 heavy (non-hydrogen) atoms. The number of ether oxygens (including phenoxy) is 3. The fourth-order valence-corrected chi connectivity index (χ4v) is 1.53. The first-order valence-electron chi connectivity index (χ1n) is 5.02. The number of methoxy groups -OCH3 is 1. The smallest absolute Gasteiger partial charge is 0.475 e. The van der Waals surface area contributed by atoms with Gasteiger partial charge >= 0.3 is 12.3 Å². The number of hydrogen-bond donors (Lipinski definition) is 0. The van der Waals surface area contributed by atoms with Crippen molar-refractivity contribution in [2.45, 2.75) is 19.4 Å². The van der Waals surface area contributed by atoms with Crippen LogP contribution in [0.25, 0.3) is 0 Å². The molecule has 0 spiro atoms. The molecule has 0 aliphatic heterocycles. The minimum atomic E-state index is -4.85. The van der Waals surface area contributed by atoms with Crippen LogP contribution >= 0.6 is 15.9 Å². The van der Waals surface area contributed by atoms with E-state index in [4.69, 9.17) is 4.74 Å². The van der Waals surface area contributed by atoms with Gasteiger partial charge in [-0.05, 0) is 25.1 Å². The fourth-order valence-electron chi connectivity index (χ4n) is 1.19. The van der Waals surface area contributed by atoms with Gasteiger partial charge in [0.15, 0.2) is 17.6 Å². The summed E-state index contributed by atoms with van der Waals surface area (Å²) in [6.45, 7) is 1.35. The van der Waals surface area contributed by atoms with Gasteiger partial charge in [0.05, 0.1) is 7.11 Å². The molecule has 0 heterocycles. The second kappa shape index (κ2) is 6.14. The number of alkyl halides is 3. The second-order valence-electron chi connectivity index (χ2n) is 3.42. The van der Waals surface area contributed by atoms with E-state index in [0.717, 1.165) is 13.2 Å². The third-order valence-electron chi connectivity index (χ3n) is 1.97. The summed E-state index contributed by atoms with van der Waals surface area (Å²) >= 11 is 3.02. The molecule has 1 atom stereocenters. The highest BCUT2D eigenvalue weighted by Gasteiger charge is 2.33. The minimum absolute atomic E-state index is 0.210. The Kier molecular flexibility index (Phi) is 5.04. The Morgan fingerprint density at radius 2 is 1.95 bits per heavy atom. The summed E-state index contributed by atoms with van der Waals surface area (Å²) in [5.41, 5.74) is 0. The lowest BCUT2D eigenvalue weighted by Gasteiger charge is -2.17. The van der Waals surface area contributed by atoms with Gasteiger partial charge in [-0.3, -0.25) is 0 Å². The van der Waals surface area contributed by atoms with Crippen molar-refractivity contribution >= 4 is 21.9 Å². The van der Waals surface area contributed by atoms with Gasteiger partial charge in [0.1, 0.15) is 0 Å². The molecule has 0 aliphatic carbocycles. The molecule has 1 rings (SSSR count). The Morgan fingerprint density at radius 3 is 2.47 bits per heavy atom. The molecule has 0 N–H and O–H groups in total. The predicted molar refractivity (Wildman–Crippen MR) is 62.9 cm³/mol. The first-order valence-corrected chi connectivity index (χ1v) is 5.82. The molecule has 1 aromatic rings. The summed E-state index contributed by atoms with van der Waals surface area (Å²) in [7, 11) is 1.15. The highest BCUT2D eigenvalue weighted by Crippen LogP contribution is 2.35. The molecule has 0 radical (unpaired) electrons. The Morgan fingerprint density at radius 1 is 1.32 bits per heavy atom. The SMILES string of the molecule is COC(=O)C(C)Oc1ccc(Br)cc1OC(F)(F)F. The molecule has 0 saturated carbocycles. The number of esters is 1. The minimum Gasteiger partial charge on any atom is -0.475 e. The van der Waals surface area contributed by atoms with Crippen molar-refractivity contribution in [1.82, 2.24) is 0 Å². The Bertz CT molecular complexity index is 462. The topological polar surface area (TPSA) is 44.8 Å². The van der Waals surface area contributed by atoms with Crippen molar-refractivity contribution in [2.24, 2.45) is 0 Å². The Balaban J connectivity index is 2.97. The van der Waals surface area contributed by atoms with Gasteiger partial charge in [0.2, 0.25) is 0 Å². The maximum absolute atomic E-state index is 12.2. The normalized spacial score (nSPS) is 12.7. The maximum atomic E-state index is 12.2. The van der Waals surface area contributed by atoms with Gasteiger partial charge in [-0.2, -0.15) is 0 Å². The summed E-state index contributed by atoms with van der Waals surface area (Å²) in [6.07, 6.45) is -5.91. The summed E-state index contributed by atoms with van der Waals surface area (Å²) in [5.74, 6) is -1.46. The molecule has 0 amide bonds. The molecular formula is C11H10BrF3O4. The molecule has 106 valence electrons. The molecule has 4 nitrogen and oxygen atoms in total. The van der Waals surface area contributed by atoms with E-state index in [0.29, 0.717) is 4.47 Å². The van der Waals surface area contributed by atoms with E-state index in [-0.39, 0.29) is 5.75 Å². The molecule has 1 aromatic carbocycles. The van der Waals surface area contributed by atoms with Gasteiger partial charge in [-0.25, -0.2) is 4.79 Å². The fraction of sp³-hybridized carbons (Fsp3) is 0.364. The van der Waals surface area contributed by atoms with Crippen LogP contribution in [0.2, 0.25) is 0 Å². The van der Waals surface area contributed by atoms with E-state index in [2.05, 4.69) is 25.4 Å². The predicted octanol–water partition coefficient (Wildman–Crippen LogP) is 3.29. The van der Waals surface area contributed by atoms with Crippen molar-refractivity contribution in [3.05, 3.63) is 22.7 Å². The van der Waals surface area contributed by atoms with Crippen molar-refractivity contribution in [1.29, 1.82) is 0 Å². The monoisotopic (exact) mass is 342 g/mol.